The second-order valence-corrected chi connectivity index (χ2v) is 7.51. The summed E-state index contributed by atoms with van der Waals surface area (Å²) in [7, 11) is 1.46. The Hall–Kier alpha value is -3.53. The van der Waals surface area contributed by atoms with E-state index >= 15 is 0 Å². The van der Waals surface area contributed by atoms with Crippen molar-refractivity contribution in [3.8, 4) is 5.75 Å². The number of nitrogens with one attached hydrogen (secondary N) is 2. The Kier molecular flexibility index (Phi) is 7.37. The van der Waals surface area contributed by atoms with E-state index in [-0.39, 0.29) is 17.1 Å². The molecule has 1 aliphatic rings. The van der Waals surface area contributed by atoms with E-state index in [9.17, 15) is 18.8 Å². The lowest BCUT2D eigenvalue weighted by molar-refractivity contribution is -0.130. The van der Waals surface area contributed by atoms with Crippen molar-refractivity contribution in [2.75, 3.05) is 19.0 Å². The zero-order valence-corrected chi connectivity index (χ0v) is 18.4. The van der Waals surface area contributed by atoms with Gasteiger partial charge in [-0.2, -0.15) is 0 Å². The van der Waals surface area contributed by atoms with Gasteiger partial charge in [-0.05, 0) is 61.1 Å². The molecule has 1 atom stereocenters. The van der Waals surface area contributed by atoms with Gasteiger partial charge in [-0.3, -0.25) is 24.7 Å². The Balaban J connectivity index is 1.67. The maximum absolute atomic E-state index is 13.4. The van der Waals surface area contributed by atoms with E-state index in [1.165, 1.54) is 30.1 Å². The van der Waals surface area contributed by atoms with Crippen LogP contribution in [0.1, 0.15) is 30.1 Å². The average molecular weight is 459 g/mol. The van der Waals surface area contributed by atoms with Crippen molar-refractivity contribution < 1.29 is 23.5 Å². The monoisotopic (exact) mass is 458 g/mol. The molecule has 2 aromatic carbocycles. The molecule has 168 valence electrons. The summed E-state index contributed by atoms with van der Waals surface area (Å²) in [6, 6.07) is 10.9. The molecule has 0 saturated carbocycles. The van der Waals surface area contributed by atoms with Gasteiger partial charge >= 0.3 is 0 Å². The number of benzene rings is 2. The van der Waals surface area contributed by atoms with E-state index in [4.69, 9.17) is 17.0 Å². The van der Waals surface area contributed by atoms with Crippen molar-refractivity contribution in [2.24, 2.45) is 0 Å². The van der Waals surface area contributed by atoms with Gasteiger partial charge in [-0.25, -0.2) is 9.40 Å². The standard InChI is InChI=1S/C22H23FN4O4S/c1-3-11-31-17-9-7-16(8-10-17)24-19(28)13-18-21(30)26(2)22(32)27(18)25-20(29)14-5-4-6-15(23)12-14/h4-10,12,18H,3,11,13H2,1-2H3,(H,24,28)(H,25,29). The molecule has 0 aromatic heterocycles. The highest BCUT2D eigenvalue weighted by Crippen LogP contribution is 2.20. The van der Waals surface area contributed by atoms with Crippen LogP contribution in [0.25, 0.3) is 0 Å². The van der Waals surface area contributed by atoms with E-state index in [1.807, 2.05) is 6.92 Å². The first-order valence-electron chi connectivity index (χ1n) is 10.00. The smallest absolute Gasteiger partial charge is 0.269 e. The van der Waals surface area contributed by atoms with Crippen molar-refractivity contribution >= 4 is 40.7 Å². The first-order chi connectivity index (χ1) is 15.3. The van der Waals surface area contributed by atoms with Crippen LogP contribution in [0.3, 0.4) is 0 Å². The SMILES string of the molecule is CCCOc1ccc(NC(=O)CC2C(=O)N(C)C(=S)N2NC(=O)c2cccc(F)c2)cc1. The number of amides is 3. The number of anilines is 1. The van der Waals surface area contributed by atoms with Crippen LogP contribution in [0.2, 0.25) is 0 Å². The zero-order chi connectivity index (χ0) is 23.3. The Bertz CT molecular complexity index is 1030. The fourth-order valence-corrected chi connectivity index (χ4v) is 3.34. The minimum Gasteiger partial charge on any atom is -0.494 e. The Morgan fingerprint density at radius 1 is 1.19 bits per heavy atom. The molecule has 2 N–H and O–H groups in total. The summed E-state index contributed by atoms with van der Waals surface area (Å²) in [5.74, 6) is -1.41. The fraction of sp³-hybridized carbons (Fsp3) is 0.273. The van der Waals surface area contributed by atoms with Crippen LogP contribution < -0.4 is 15.5 Å². The van der Waals surface area contributed by atoms with Gasteiger partial charge in [-0.1, -0.05) is 13.0 Å². The van der Waals surface area contributed by atoms with E-state index < -0.39 is 29.6 Å². The fourth-order valence-electron chi connectivity index (χ4n) is 3.07. The molecule has 1 heterocycles. The second kappa shape index (κ2) is 10.2. The van der Waals surface area contributed by atoms with Gasteiger partial charge in [0.2, 0.25) is 5.91 Å². The number of ether oxygens (including phenoxy) is 1. The predicted octanol–water partition coefficient (Wildman–Crippen LogP) is 2.72. The molecule has 0 radical (unpaired) electrons. The van der Waals surface area contributed by atoms with Crippen molar-refractivity contribution in [2.45, 2.75) is 25.8 Å². The van der Waals surface area contributed by atoms with Crippen LogP contribution in [0, 0.1) is 5.82 Å². The molecule has 2 aromatic rings. The lowest BCUT2D eigenvalue weighted by Gasteiger charge is -2.24. The topological polar surface area (TPSA) is 91.0 Å². The van der Waals surface area contributed by atoms with Crippen molar-refractivity contribution in [3.05, 3.63) is 59.9 Å². The van der Waals surface area contributed by atoms with Crippen LogP contribution in [-0.2, 0) is 9.59 Å². The molecular weight excluding hydrogens is 435 g/mol. The lowest BCUT2D eigenvalue weighted by atomic mass is 10.2. The van der Waals surface area contributed by atoms with Crippen molar-refractivity contribution in [1.82, 2.24) is 15.3 Å². The predicted molar refractivity (Wildman–Crippen MR) is 120 cm³/mol. The number of nitrogens with zero attached hydrogens (tertiary/aromatic N) is 2. The Morgan fingerprint density at radius 3 is 2.56 bits per heavy atom. The zero-order valence-electron chi connectivity index (χ0n) is 17.6. The molecular formula is C22H23FN4O4S. The van der Waals surface area contributed by atoms with Crippen LogP contribution in [0.15, 0.2) is 48.5 Å². The molecule has 8 nitrogen and oxygen atoms in total. The number of likely N-dealkylation sites (N-methyl/N-ethyl adjacent to an activating group) is 1. The number of halogens is 1. The third kappa shape index (κ3) is 5.38. The van der Waals surface area contributed by atoms with Crippen molar-refractivity contribution in [3.63, 3.8) is 0 Å². The lowest BCUT2D eigenvalue weighted by Crippen LogP contribution is -2.49. The molecule has 1 aliphatic heterocycles. The third-order valence-corrected chi connectivity index (χ3v) is 5.19. The maximum atomic E-state index is 13.4. The van der Waals surface area contributed by atoms with Gasteiger partial charge in [0.1, 0.15) is 17.6 Å². The van der Waals surface area contributed by atoms with Gasteiger partial charge in [0.15, 0.2) is 5.11 Å². The molecule has 3 amide bonds. The summed E-state index contributed by atoms with van der Waals surface area (Å²) in [5, 5.41) is 3.91. The summed E-state index contributed by atoms with van der Waals surface area (Å²) >= 11 is 5.24. The number of hydrogen-bond acceptors (Lipinski definition) is 5. The minimum absolute atomic E-state index is 0.0370. The highest BCUT2D eigenvalue weighted by atomic mass is 32.1. The highest BCUT2D eigenvalue weighted by molar-refractivity contribution is 7.80. The number of hydrazine groups is 1. The average Bonchev–Trinajstić information content (AvgIpc) is 2.97. The van der Waals surface area contributed by atoms with Crippen molar-refractivity contribution in [1.29, 1.82) is 0 Å². The molecule has 0 aliphatic carbocycles. The quantitative estimate of drug-likeness (QED) is 0.591. The summed E-state index contributed by atoms with van der Waals surface area (Å²) in [4.78, 5) is 38.9. The Labute approximate surface area is 190 Å². The number of rotatable bonds is 8. The van der Waals surface area contributed by atoms with Gasteiger partial charge in [0.05, 0.1) is 13.0 Å². The number of thiocarbonyl (C=S) groups is 1. The minimum atomic E-state index is -1.03. The molecule has 10 heteroatoms. The highest BCUT2D eigenvalue weighted by Gasteiger charge is 2.42. The van der Waals surface area contributed by atoms with E-state index in [1.54, 1.807) is 24.3 Å². The molecule has 0 bridgehead atoms. The Morgan fingerprint density at radius 2 is 1.91 bits per heavy atom. The molecule has 0 spiro atoms. The molecule has 1 unspecified atom stereocenters. The largest absolute Gasteiger partial charge is 0.494 e. The first-order valence-corrected chi connectivity index (χ1v) is 10.4. The van der Waals surface area contributed by atoms with Gasteiger partial charge in [0, 0.05) is 18.3 Å². The van der Waals surface area contributed by atoms with Crippen LogP contribution >= 0.6 is 12.2 Å². The molecule has 3 rings (SSSR count). The number of carbonyl (C=O) groups excluding carboxylic acids is 3. The maximum Gasteiger partial charge on any atom is 0.269 e. The van der Waals surface area contributed by atoms with Gasteiger partial charge < -0.3 is 10.1 Å². The first kappa shape index (κ1) is 23.1. The third-order valence-electron chi connectivity index (χ3n) is 4.72. The van der Waals surface area contributed by atoms with E-state index in [2.05, 4.69) is 10.7 Å². The summed E-state index contributed by atoms with van der Waals surface area (Å²) in [6.45, 7) is 2.60. The van der Waals surface area contributed by atoms with E-state index in [0.717, 1.165) is 17.5 Å². The molecule has 1 fully saturated rings. The van der Waals surface area contributed by atoms with Gasteiger partial charge in [0.25, 0.3) is 11.8 Å². The summed E-state index contributed by atoms with van der Waals surface area (Å²) < 4.78 is 18.9. The normalized spacial score (nSPS) is 15.7. The van der Waals surface area contributed by atoms with Crippen LogP contribution in [-0.4, -0.2) is 52.4 Å². The van der Waals surface area contributed by atoms with Gasteiger partial charge in [-0.15, -0.1) is 0 Å². The second-order valence-electron chi connectivity index (χ2n) is 7.14. The van der Waals surface area contributed by atoms with E-state index in [0.29, 0.717) is 18.0 Å². The molecule has 1 saturated heterocycles. The summed E-state index contributed by atoms with van der Waals surface area (Å²) in [5.41, 5.74) is 3.10. The number of hydrogen-bond donors (Lipinski definition) is 2. The number of carbonyl (C=O) groups is 3. The van der Waals surface area contributed by atoms with Crippen LogP contribution in [0.4, 0.5) is 10.1 Å². The molecule has 32 heavy (non-hydrogen) atoms. The van der Waals surface area contributed by atoms with Crippen LogP contribution in [0.5, 0.6) is 5.75 Å². The summed E-state index contributed by atoms with van der Waals surface area (Å²) in [6.07, 6.45) is 0.636.